The van der Waals surface area contributed by atoms with Crippen molar-refractivity contribution < 1.29 is 32.2 Å². The van der Waals surface area contributed by atoms with Gasteiger partial charge in [-0.1, -0.05) is 6.07 Å². The number of carbonyl (C=O) groups is 1. The molecule has 0 radical (unpaired) electrons. The molecule has 0 unspecified atom stereocenters. The summed E-state index contributed by atoms with van der Waals surface area (Å²) < 4.78 is 59.4. The first-order valence-electron chi connectivity index (χ1n) is 12.7. The first-order chi connectivity index (χ1) is 20.2. The Kier molecular flexibility index (Phi) is 8.03. The van der Waals surface area contributed by atoms with Gasteiger partial charge < -0.3 is 19.2 Å². The highest BCUT2D eigenvalue weighted by atomic mass is 19.1. The van der Waals surface area contributed by atoms with Crippen molar-refractivity contribution in [2.75, 3.05) is 14.2 Å². The van der Waals surface area contributed by atoms with Crippen molar-refractivity contribution in [3.8, 4) is 28.4 Å². The van der Waals surface area contributed by atoms with E-state index in [4.69, 9.17) is 14.2 Å². The lowest BCUT2D eigenvalue weighted by atomic mass is 9.95. The molecule has 0 saturated heterocycles. The number of benzene rings is 2. The number of nitrogens with zero attached hydrogens (tertiary/aromatic N) is 2. The quantitative estimate of drug-likeness (QED) is 0.212. The summed E-state index contributed by atoms with van der Waals surface area (Å²) in [5, 5.41) is 0. The van der Waals surface area contributed by atoms with Gasteiger partial charge in [-0.15, -0.1) is 0 Å². The maximum Gasteiger partial charge on any atom is 0.200 e. The molecular formula is C31H24F3N3O5. The number of ketones is 1. The number of halogens is 3. The normalized spacial score (nSPS) is 11.1. The van der Waals surface area contributed by atoms with Gasteiger partial charge in [0.2, 0.25) is 5.43 Å². The van der Waals surface area contributed by atoms with Crippen LogP contribution >= 0.6 is 0 Å². The van der Waals surface area contributed by atoms with Gasteiger partial charge in [0.15, 0.2) is 23.1 Å². The number of nitrogens with one attached hydrogen (secondary N) is 1. The summed E-state index contributed by atoms with van der Waals surface area (Å²) in [7, 11) is 2.89. The van der Waals surface area contributed by atoms with Crippen LogP contribution in [0.5, 0.6) is 17.2 Å². The summed E-state index contributed by atoms with van der Waals surface area (Å²) in [6.07, 6.45) is 2.64. The number of fused-ring (bicyclic) bond motifs is 1. The number of aryl methyl sites for hydroxylation is 1. The summed E-state index contributed by atoms with van der Waals surface area (Å²) in [5.41, 5.74) is 0.348. The molecule has 5 aromatic rings. The molecule has 3 heterocycles. The van der Waals surface area contributed by atoms with Gasteiger partial charge in [0, 0.05) is 49.2 Å². The van der Waals surface area contributed by atoms with E-state index in [2.05, 4.69) is 15.0 Å². The number of methoxy groups -OCH3 is 2. The number of aromatic amines is 1. The Labute approximate surface area is 237 Å². The van der Waals surface area contributed by atoms with Gasteiger partial charge >= 0.3 is 0 Å². The Hall–Kier alpha value is -5.03. The molecule has 8 nitrogen and oxygen atoms in total. The molecule has 0 aliphatic rings. The van der Waals surface area contributed by atoms with Gasteiger partial charge in [0.25, 0.3) is 0 Å². The fourth-order valence-corrected chi connectivity index (χ4v) is 4.66. The predicted octanol–water partition coefficient (Wildman–Crippen LogP) is 6.08. The van der Waals surface area contributed by atoms with Crippen LogP contribution in [0.3, 0.4) is 0 Å². The molecule has 0 amide bonds. The Morgan fingerprint density at radius 1 is 0.952 bits per heavy atom. The van der Waals surface area contributed by atoms with Crippen LogP contribution < -0.4 is 14.9 Å². The molecule has 214 valence electrons. The van der Waals surface area contributed by atoms with Crippen LogP contribution in [-0.2, 0) is 17.8 Å². The fraction of sp³-hybridized carbons (Fsp3) is 0.161. The second-order valence-corrected chi connectivity index (χ2v) is 9.38. The monoisotopic (exact) mass is 575 g/mol. The third-order valence-electron chi connectivity index (χ3n) is 6.57. The standard InChI is InChI=1S/C31H24F3N3O5/c1-16-28(20-6-5-18(32)12-21(20)33)31(39)29(24(37-16)15-40-2)25(38)11-17-4-7-26(22(34)10-17)42-27-8-9-35-23-13-19(41-3)14-36-30(23)27/h4-10,12-14H,11,15H2,1-3H3,(H,37,39). The molecule has 0 saturated carbocycles. The first-order valence-corrected chi connectivity index (χ1v) is 12.7. The largest absolute Gasteiger partial charge is 0.495 e. The number of pyridine rings is 3. The molecule has 0 fully saturated rings. The van der Waals surface area contributed by atoms with Crippen LogP contribution in [0.25, 0.3) is 22.2 Å². The molecule has 1 N–H and O–H groups in total. The minimum Gasteiger partial charge on any atom is -0.495 e. The fourth-order valence-electron chi connectivity index (χ4n) is 4.66. The van der Waals surface area contributed by atoms with Crippen LogP contribution in [0, 0.1) is 24.4 Å². The van der Waals surface area contributed by atoms with Gasteiger partial charge in [-0.2, -0.15) is 0 Å². The van der Waals surface area contributed by atoms with E-state index in [0.29, 0.717) is 22.8 Å². The van der Waals surface area contributed by atoms with Crippen LogP contribution in [0.2, 0.25) is 0 Å². The third-order valence-corrected chi connectivity index (χ3v) is 6.57. The maximum atomic E-state index is 15.1. The SMILES string of the molecule is COCc1[nH]c(C)c(-c2ccc(F)cc2F)c(=O)c1C(=O)Cc1ccc(Oc2ccnc3cc(OC)cnc23)c(F)c1. The highest BCUT2D eigenvalue weighted by Crippen LogP contribution is 2.31. The molecule has 3 aromatic heterocycles. The number of ether oxygens (including phenoxy) is 3. The van der Waals surface area contributed by atoms with Gasteiger partial charge in [0.05, 0.1) is 42.3 Å². The molecule has 0 aliphatic heterocycles. The van der Waals surface area contributed by atoms with Crippen molar-refractivity contribution in [3.05, 3.63) is 111 Å². The van der Waals surface area contributed by atoms with Crippen molar-refractivity contribution in [1.82, 2.24) is 15.0 Å². The van der Waals surface area contributed by atoms with E-state index in [0.717, 1.165) is 18.2 Å². The lowest BCUT2D eigenvalue weighted by molar-refractivity contribution is 0.0985. The van der Waals surface area contributed by atoms with E-state index >= 15 is 4.39 Å². The van der Waals surface area contributed by atoms with Crippen LogP contribution in [0.4, 0.5) is 13.2 Å². The number of hydrogen-bond donors (Lipinski definition) is 1. The molecule has 0 atom stereocenters. The number of hydrogen-bond acceptors (Lipinski definition) is 7. The van der Waals surface area contributed by atoms with Crippen molar-refractivity contribution >= 4 is 16.8 Å². The Bertz CT molecular complexity index is 1890. The molecular weight excluding hydrogens is 551 g/mol. The maximum absolute atomic E-state index is 15.1. The van der Waals surface area contributed by atoms with E-state index < -0.39 is 28.7 Å². The predicted molar refractivity (Wildman–Crippen MR) is 148 cm³/mol. The number of Topliss-reactive ketones (excluding diaryl/α,β-unsaturated/α-hetero) is 1. The Morgan fingerprint density at radius 3 is 2.48 bits per heavy atom. The minimum atomic E-state index is -0.949. The van der Waals surface area contributed by atoms with E-state index in [1.165, 1.54) is 38.7 Å². The number of aromatic nitrogens is 3. The molecule has 0 spiro atoms. The smallest absolute Gasteiger partial charge is 0.200 e. The molecule has 0 bridgehead atoms. The van der Waals surface area contributed by atoms with E-state index in [1.54, 1.807) is 19.1 Å². The second kappa shape index (κ2) is 11.8. The third kappa shape index (κ3) is 5.59. The lowest BCUT2D eigenvalue weighted by Crippen LogP contribution is -2.24. The molecule has 0 aliphatic carbocycles. The zero-order valence-electron chi connectivity index (χ0n) is 22.8. The summed E-state index contributed by atoms with van der Waals surface area (Å²) in [4.78, 5) is 38.5. The molecule has 42 heavy (non-hydrogen) atoms. The topological polar surface area (TPSA) is 103 Å². The van der Waals surface area contributed by atoms with E-state index in [-0.39, 0.29) is 58.2 Å². The average Bonchev–Trinajstić information content (AvgIpc) is 2.95. The summed E-state index contributed by atoms with van der Waals surface area (Å²) in [6.45, 7) is 1.43. The van der Waals surface area contributed by atoms with Gasteiger partial charge in [-0.05, 0) is 36.8 Å². The van der Waals surface area contributed by atoms with E-state index in [1.807, 2.05) is 0 Å². The Balaban J connectivity index is 1.46. The van der Waals surface area contributed by atoms with E-state index in [9.17, 15) is 18.4 Å². The number of carbonyl (C=O) groups excluding carboxylic acids is 1. The van der Waals surface area contributed by atoms with Crippen LogP contribution in [-0.4, -0.2) is 35.0 Å². The Morgan fingerprint density at radius 2 is 1.76 bits per heavy atom. The molecule has 2 aromatic carbocycles. The highest BCUT2D eigenvalue weighted by molar-refractivity contribution is 5.99. The van der Waals surface area contributed by atoms with Crippen molar-refractivity contribution in [3.63, 3.8) is 0 Å². The van der Waals surface area contributed by atoms with Crippen molar-refractivity contribution in [2.45, 2.75) is 20.0 Å². The number of H-pyrrole nitrogens is 1. The highest BCUT2D eigenvalue weighted by Gasteiger charge is 2.24. The first kappa shape index (κ1) is 28.5. The van der Waals surface area contributed by atoms with Gasteiger partial charge in [-0.25, -0.2) is 18.2 Å². The summed E-state index contributed by atoms with van der Waals surface area (Å²) in [5.74, 6) is -2.49. The van der Waals surface area contributed by atoms with Gasteiger partial charge in [0.1, 0.15) is 22.9 Å². The molecule has 5 rings (SSSR count). The minimum absolute atomic E-state index is 0.107. The van der Waals surface area contributed by atoms with Crippen molar-refractivity contribution in [2.24, 2.45) is 0 Å². The van der Waals surface area contributed by atoms with Gasteiger partial charge in [-0.3, -0.25) is 14.6 Å². The zero-order chi connectivity index (χ0) is 30.0. The second-order valence-electron chi connectivity index (χ2n) is 9.38. The van der Waals surface area contributed by atoms with Crippen molar-refractivity contribution in [1.29, 1.82) is 0 Å². The molecule has 11 heteroatoms. The number of rotatable bonds is 9. The summed E-state index contributed by atoms with van der Waals surface area (Å²) in [6, 6.07) is 10.0. The lowest BCUT2D eigenvalue weighted by Gasteiger charge is -2.14. The summed E-state index contributed by atoms with van der Waals surface area (Å²) >= 11 is 0. The van der Waals surface area contributed by atoms with Crippen LogP contribution in [0.15, 0.2) is 65.7 Å². The zero-order valence-corrected chi connectivity index (χ0v) is 22.8. The average molecular weight is 576 g/mol. The van der Waals surface area contributed by atoms with Crippen LogP contribution in [0.1, 0.15) is 27.3 Å².